The Labute approximate surface area is 119 Å². The van der Waals surface area contributed by atoms with Gasteiger partial charge in [0.2, 0.25) is 0 Å². The second-order valence-corrected chi connectivity index (χ2v) is 6.84. The standard InChI is InChI=1S/C14H13F2NS2/c15-11-6-9(8-17-10-3-4-10)7-12(16)14(11)19-13-2-1-5-18-13/h1-2,5-7,10,17H,3-4,8H2. The molecule has 1 aromatic carbocycles. The lowest BCUT2D eigenvalue weighted by molar-refractivity contribution is 0.534. The fourth-order valence-electron chi connectivity index (χ4n) is 1.78. The molecule has 0 bridgehead atoms. The van der Waals surface area contributed by atoms with E-state index in [1.165, 1.54) is 23.5 Å². The fraction of sp³-hybridized carbons (Fsp3) is 0.286. The second-order valence-electron chi connectivity index (χ2n) is 4.58. The number of rotatable bonds is 5. The quantitative estimate of drug-likeness (QED) is 0.876. The van der Waals surface area contributed by atoms with Crippen LogP contribution >= 0.6 is 23.1 Å². The summed E-state index contributed by atoms with van der Waals surface area (Å²) >= 11 is 2.62. The van der Waals surface area contributed by atoms with Crippen molar-refractivity contribution >= 4 is 23.1 Å². The minimum absolute atomic E-state index is 0.0811. The number of halogens is 2. The Morgan fingerprint density at radius 1 is 1.26 bits per heavy atom. The van der Waals surface area contributed by atoms with Crippen molar-refractivity contribution < 1.29 is 8.78 Å². The predicted molar refractivity (Wildman–Crippen MR) is 74.7 cm³/mol. The van der Waals surface area contributed by atoms with Crippen molar-refractivity contribution in [3.63, 3.8) is 0 Å². The van der Waals surface area contributed by atoms with Crippen LogP contribution in [0.15, 0.2) is 38.8 Å². The summed E-state index contributed by atoms with van der Waals surface area (Å²) in [4.78, 5) is 0.0811. The van der Waals surface area contributed by atoms with Gasteiger partial charge in [0.1, 0.15) is 11.6 Å². The van der Waals surface area contributed by atoms with Gasteiger partial charge in [0.25, 0.3) is 0 Å². The van der Waals surface area contributed by atoms with Crippen molar-refractivity contribution in [1.82, 2.24) is 5.32 Å². The van der Waals surface area contributed by atoms with E-state index in [1.54, 1.807) is 0 Å². The first-order valence-corrected chi connectivity index (χ1v) is 7.84. The molecule has 5 heteroatoms. The molecule has 1 saturated carbocycles. The third kappa shape index (κ3) is 3.35. The summed E-state index contributed by atoms with van der Waals surface area (Å²) in [6, 6.07) is 7.11. The first kappa shape index (κ1) is 13.1. The van der Waals surface area contributed by atoms with Gasteiger partial charge in [-0.3, -0.25) is 0 Å². The predicted octanol–water partition coefficient (Wildman–Crippen LogP) is 4.43. The first-order valence-electron chi connectivity index (χ1n) is 6.15. The highest BCUT2D eigenvalue weighted by Gasteiger charge is 2.20. The van der Waals surface area contributed by atoms with Crippen LogP contribution in [0.3, 0.4) is 0 Å². The third-order valence-electron chi connectivity index (χ3n) is 2.93. The van der Waals surface area contributed by atoms with E-state index < -0.39 is 11.6 Å². The minimum Gasteiger partial charge on any atom is -0.310 e. The highest BCUT2D eigenvalue weighted by molar-refractivity contribution is 8.01. The van der Waals surface area contributed by atoms with Crippen molar-refractivity contribution in [1.29, 1.82) is 0 Å². The lowest BCUT2D eigenvalue weighted by Gasteiger charge is -2.08. The maximum atomic E-state index is 14.0. The van der Waals surface area contributed by atoms with Crippen molar-refractivity contribution in [2.24, 2.45) is 0 Å². The molecule has 1 aliphatic carbocycles. The summed E-state index contributed by atoms with van der Waals surface area (Å²) < 4.78 is 28.8. The van der Waals surface area contributed by atoms with Crippen LogP contribution in [-0.2, 0) is 6.54 Å². The van der Waals surface area contributed by atoms with Crippen LogP contribution in [-0.4, -0.2) is 6.04 Å². The molecule has 0 amide bonds. The topological polar surface area (TPSA) is 12.0 Å². The molecular weight excluding hydrogens is 284 g/mol. The Bertz CT molecular complexity index is 542. The highest BCUT2D eigenvalue weighted by Crippen LogP contribution is 2.35. The molecule has 2 aromatic rings. The van der Waals surface area contributed by atoms with Crippen LogP contribution in [0.1, 0.15) is 18.4 Å². The number of hydrogen-bond acceptors (Lipinski definition) is 3. The molecule has 1 fully saturated rings. The van der Waals surface area contributed by atoms with Crippen molar-refractivity contribution in [3.8, 4) is 0 Å². The van der Waals surface area contributed by atoms with Gasteiger partial charge in [-0.2, -0.15) is 0 Å². The SMILES string of the molecule is Fc1cc(CNC2CC2)cc(F)c1Sc1cccs1. The summed E-state index contributed by atoms with van der Waals surface area (Å²) in [6.45, 7) is 0.530. The normalized spacial score (nSPS) is 14.8. The van der Waals surface area contributed by atoms with Gasteiger partial charge in [0, 0.05) is 12.6 Å². The third-order valence-corrected chi connectivity index (χ3v) is 5.06. The van der Waals surface area contributed by atoms with E-state index in [0.717, 1.165) is 28.8 Å². The Kier molecular flexibility index (Phi) is 3.86. The largest absolute Gasteiger partial charge is 0.310 e. The maximum absolute atomic E-state index is 14.0. The molecule has 0 saturated heterocycles. The molecule has 1 N–H and O–H groups in total. The molecule has 1 heterocycles. The van der Waals surface area contributed by atoms with Gasteiger partial charge >= 0.3 is 0 Å². The molecule has 0 unspecified atom stereocenters. The Morgan fingerprint density at radius 3 is 2.58 bits per heavy atom. The summed E-state index contributed by atoms with van der Waals surface area (Å²) in [5.41, 5.74) is 0.664. The lowest BCUT2D eigenvalue weighted by Crippen LogP contribution is -2.15. The second kappa shape index (κ2) is 5.61. The van der Waals surface area contributed by atoms with E-state index in [4.69, 9.17) is 0 Å². The van der Waals surface area contributed by atoms with Crippen LogP contribution in [0.5, 0.6) is 0 Å². The van der Waals surface area contributed by atoms with Gasteiger partial charge in [-0.1, -0.05) is 17.8 Å². The smallest absolute Gasteiger partial charge is 0.140 e. The molecule has 100 valence electrons. The highest BCUT2D eigenvalue weighted by atomic mass is 32.2. The molecule has 0 atom stereocenters. The zero-order valence-electron chi connectivity index (χ0n) is 10.2. The number of hydrogen-bond donors (Lipinski definition) is 1. The van der Waals surface area contributed by atoms with Gasteiger partial charge in [0.15, 0.2) is 0 Å². The molecule has 0 aliphatic heterocycles. The van der Waals surface area contributed by atoms with Gasteiger partial charge in [-0.15, -0.1) is 11.3 Å². The van der Waals surface area contributed by atoms with E-state index in [0.29, 0.717) is 18.2 Å². The van der Waals surface area contributed by atoms with Crippen LogP contribution in [0.2, 0.25) is 0 Å². The Balaban J connectivity index is 1.76. The summed E-state index contributed by atoms with van der Waals surface area (Å²) in [6.07, 6.45) is 2.33. The van der Waals surface area contributed by atoms with E-state index >= 15 is 0 Å². The summed E-state index contributed by atoms with van der Waals surface area (Å²) in [7, 11) is 0. The summed E-state index contributed by atoms with van der Waals surface area (Å²) in [5, 5.41) is 5.15. The maximum Gasteiger partial charge on any atom is 0.140 e. The van der Waals surface area contributed by atoms with Gasteiger partial charge in [-0.05, 0) is 42.0 Å². The molecule has 1 nitrogen and oxygen atoms in total. The van der Waals surface area contributed by atoms with E-state index in [9.17, 15) is 8.78 Å². The molecule has 1 aliphatic rings. The van der Waals surface area contributed by atoms with Gasteiger partial charge < -0.3 is 5.32 Å². The molecular formula is C14H13F2NS2. The first-order chi connectivity index (χ1) is 9.22. The van der Waals surface area contributed by atoms with Crippen molar-refractivity contribution in [2.75, 3.05) is 0 Å². The molecule has 3 rings (SSSR count). The van der Waals surface area contributed by atoms with Gasteiger partial charge in [0.05, 0.1) is 9.10 Å². The lowest BCUT2D eigenvalue weighted by atomic mass is 10.2. The fourth-order valence-corrected chi connectivity index (χ4v) is 3.50. The monoisotopic (exact) mass is 297 g/mol. The average molecular weight is 297 g/mol. The van der Waals surface area contributed by atoms with Crippen LogP contribution < -0.4 is 5.32 Å². The molecule has 0 spiro atoms. The van der Waals surface area contributed by atoms with Gasteiger partial charge in [-0.25, -0.2) is 8.78 Å². The average Bonchev–Trinajstić information content (AvgIpc) is 3.07. The van der Waals surface area contributed by atoms with Crippen LogP contribution in [0.25, 0.3) is 0 Å². The van der Waals surface area contributed by atoms with E-state index in [-0.39, 0.29) is 4.90 Å². The van der Waals surface area contributed by atoms with Crippen LogP contribution in [0.4, 0.5) is 8.78 Å². The number of thiophene rings is 1. The van der Waals surface area contributed by atoms with E-state index in [2.05, 4.69) is 5.32 Å². The molecule has 1 aromatic heterocycles. The summed E-state index contributed by atoms with van der Waals surface area (Å²) in [5.74, 6) is -0.961. The Morgan fingerprint density at radius 2 is 2.00 bits per heavy atom. The zero-order chi connectivity index (χ0) is 13.2. The number of benzene rings is 1. The van der Waals surface area contributed by atoms with Crippen molar-refractivity contribution in [3.05, 3.63) is 46.8 Å². The minimum atomic E-state index is -0.481. The molecule has 0 radical (unpaired) electrons. The van der Waals surface area contributed by atoms with Crippen LogP contribution in [0, 0.1) is 11.6 Å². The van der Waals surface area contributed by atoms with E-state index in [1.807, 2.05) is 17.5 Å². The Hall–Kier alpha value is -0.910. The number of nitrogens with one attached hydrogen (secondary N) is 1. The zero-order valence-corrected chi connectivity index (χ0v) is 11.8. The van der Waals surface area contributed by atoms with Crippen molar-refractivity contribution in [2.45, 2.75) is 34.5 Å². The molecule has 19 heavy (non-hydrogen) atoms.